The van der Waals surface area contributed by atoms with E-state index in [-0.39, 0.29) is 23.6 Å². The Morgan fingerprint density at radius 3 is 3.07 bits per heavy atom. The number of nitrogen functional groups attached to an aromatic ring is 1. The Kier molecular flexibility index (Phi) is 3.98. The number of hydrogen-bond acceptors (Lipinski definition) is 6. The Hall–Kier alpha value is -1.70. The van der Waals surface area contributed by atoms with Gasteiger partial charge in [-0.15, -0.1) is 5.10 Å². The highest BCUT2D eigenvalue weighted by molar-refractivity contribution is 7.80. The molecule has 0 spiro atoms. The first-order valence-corrected chi connectivity index (χ1v) is 4.65. The van der Waals surface area contributed by atoms with Crippen LogP contribution < -0.4 is 11.1 Å². The molecule has 0 aliphatic carbocycles. The summed E-state index contributed by atoms with van der Waals surface area (Å²) in [5, 5.41) is 6.66. The summed E-state index contributed by atoms with van der Waals surface area (Å²) in [7, 11) is 0. The summed E-state index contributed by atoms with van der Waals surface area (Å²) in [6.45, 7) is 2.06. The summed E-state index contributed by atoms with van der Waals surface area (Å²) >= 11 is 4.92. The van der Waals surface area contributed by atoms with Gasteiger partial charge in [0.1, 0.15) is 12.9 Å². The SMILES string of the molecule is CCOC(=O)CNC(=S)n1cnc(N)n1. The van der Waals surface area contributed by atoms with Gasteiger partial charge in [-0.2, -0.15) is 4.68 Å². The van der Waals surface area contributed by atoms with Crippen molar-refractivity contribution in [2.45, 2.75) is 6.92 Å². The van der Waals surface area contributed by atoms with Gasteiger partial charge in [0.25, 0.3) is 0 Å². The van der Waals surface area contributed by atoms with E-state index in [2.05, 4.69) is 15.4 Å². The van der Waals surface area contributed by atoms with Crippen molar-refractivity contribution in [2.24, 2.45) is 0 Å². The average molecular weight is 229 g/mol. The molecule has 0 aliphatic rings. The van der Waals surface area contributed by atoms with Gasteiger partial charge in [-0.1, -0.05) is 0 Å². The van der Waals surface area contributed by atoms with Crippen LogP contribution in [-0.2, 0) is 9.53 Å². The van der Waals surface area contributed by atoms with Crippen LogP contribution in [0.1, 0.15) is 6.92 Å². The second-order valence-corrected chi connectivity index (χ2v) is 2.90. The quantitative estimate of drug-likeness (QED) is 0.514. The van der Waals surface area contributed by atoms with Gasteiger partial charge in [0, 0.05) is 0 Å². The summed E-state index contributed by atoms with van der Waals surface area (Å²) in [6.07, 6.45) is 1.36. The smallest absolute Gasteiger partial charge is 0.325 e. The molecule has 1 rings (SSSR count). The lowest BCUT2D eigenvalue weighted by Crippen LogP contribution is -2.34. The van der Waals surface area contributed by atoms with Crippen LogP contribution in [0.3, 0.4) is 0 Å². The van der Waals surface area contributed by atoms with Crippen molar-refractivity contribution in [3.63, 3.8) is 0 Å². The van der Waals surface area contributed by atoms with E-state index in [9.17, 15) is 4.79 Å². The minimum absolute atomic E-state index is 0.00750. The van der Waals surface area contributed by atoms with Gasteiger partial charge in [0.2, 0.25) is 5.95 Å². The van der Waals surface area contributed by atoms with Crippen molar-refractivity contribution in [1.82, 2.24) is 20.1 Å². The van der Waals surface area contributed by atoms with Gasteiger partial charge in [0.05, 0.1) is 6.61 Å². The lowest BCUT2D eigenvalue weighted by Gasteiger charge is -2.05. The number of rotatable bonds is 3. The van der Waals surface area contributed by atoms with Crippen molar-refractivity contribution >= 4 is 29.2 Å². The third-order valence-electron chi connectivity index (χ3n) is 1.41. The van der Waals surface area contributed by atoms with Crippen LogP contribution in [0, 0.1) is 0 Å². The molecule has 1 heterocycles. The molecule has 15 heavy (non-hydrogen) atoms. The molecule has 1 aromatic rings. The molecule has 0 fully saturated rings. The molecular formula is C7H11N5O2S. The van der Waals surface area contributed by atoms with Crippen LogP contribution >= 0.6 is 12.2 Å². The molecule has 0 amide bonds. The standard InChI is InChI=1S/C7H11N5O2S/c1-2-14-5(13)3-9-7(15)12-4-10-6(8)11-12/h4H,2-3H2,1H3,(H2,8,11)(H,9,15). The maximum absolute atomic E-state index is 11.0. The van der Waals surface area contributed by atoms with Crippen molar-refractivity contribution < 1.29 is 9.53 Å². The lowest BCUT2D eigenvalue weighted by molar-refractivity contribution is -0.141. The zero-order chi connectivity index (χ0) is 11.3. The molecule has 82 valence electrons. The van der Waals surface area contributed by atoms with E-state index >= 15 is 0 Å². The van der Waals surface area contributed by atoms with E-state index in [0.717, 1.165) is 0 Å². The topological polar surface area (TPSA) is 95.1 Å². The van der Waals surface area contributed by atoms with Gasteiger partial charge in [0.15, 0.2) is 5.11 Å². The third kappa shape index (κ3) is 3.50. The van der Waals surface area contributed by atoms with E-state index < -0.39 is 0 Å². The molecule has 0 aromatic carbocycles. The Morgan fingerprint density at radius 2 is 2.53 bits per heavy atom. The number of carbonyl (C=O) groups excluding carboxylic acids is 1. The predicted octanol–water partition coefficient (Wildman–Crippen LogP) is -0.854. The molecule has 0 saturated heterocycles. The normalized spacial score (nSPS) is 9.67. The molecule has 1 aromatic heterocycles. The van der Waals surface area contributed by atoms with Gasteiger partial charge in [-0.05, 0) is 19.1 Å². The number of aromatic nitrogens is 3. The number of anilines is 1. The fraction of sp³-hybridized carbons (Fsp3) is 0.429. The number of thiocarbonyl (C=S) groups is 1. The molecule has 0 radical (unpaired) electrons. The minimum atomic E-state index is -0.382. The zero-order valence-corrected chi connectivity index (χ0v) is 8.95. The van der Waals surface area contributed by atoms with Crippen LogP contribution in [0.2, 0.25) is 0 Å². The van der Waals surface area contributed by atoms with E-state index in [0.29, 0.717) is 6.61 Å². The number of hydrogen-bond donors (Lipinski definition) is 2. The Balaban J connectivity index is 2.40. The Morgan fingerprint density at radius 1 is 1.80 bits per heavy atom. The molecule has 3 N–H and O–H groups in total. The summed E-state index contributed by atoms with van der Waals surface area (Å²) in [6, 6.07) is 0. The second-order valence-electron chi connectivity index (χ2n) is 2.51. The minimum Gasteiger partial charge on any atom is -0.465 e. The number of nitrogens with two attached hydrogens (primary N) is 1. The molecule has 0 bridgehead atoms. The maximum atomic E-state index is 11.0. The van der Waals surface area contributed by atoms with E-state index in [4.69, 9.17) is 22.7 Å². The van der Waals surface area contributed by atoms with Crippen LogP contribution in [0.15, 0.2) is 6.33 Å². The second kappa shape index (κ2) is 5.25. The van der Waals surface area contributed by atoms with Crippen LogP contribution in [0.4, 0.5) is 5.95 Å². The number of nitrogens with one attached hydrogen (secondary N) is 1. The van der Waals surface area contributed by atoms with Crippen LogP contribution in [-0.4, -0.2) is 39.0 Å². The maximum Gasteiger partial charge on any atom is 0.325 e. The average Bonchev–Trinajstić information content (AvgIpc) is 2.62. The van der Waals surface area contributed by atoms with E-state index in [1.54, 1.807) is 6.92 Å². The number of ether oxygens (including phenoxy) is 1. The zero-order valence-electron chi connectivity index (χ0n) is 8.14. The highest BCUT2D eigenvalue weighted by atomic mass is 32.1. The van der Waals surface area contributed by atoms with Gasteiger partial charge in [-0.25, -0.2) is 4.98 Å². The predicted molar refractivity (Wildman–Crippen MR) is 57.1 cm³/mol. The molecule has 7 nitrogen and oxygen atoms in total. The van der Waals surface area contributed by atoms with Crippen molar-refractivity contribution in [3.05, 3.63) is 6.33 Å². The van der Waals surface area contributed by atoms with E-state index in [1.807, 2.05) is 0 Å². The first kappa shape index (κ1) is 11.4. The largest absolute Gasteiger partial charge is 0.465 e. The molecule has 8 heteroatoms. The lowest BCUT2D eigenvalue weighted by atomic mass is 10.6. The van der Waals surface area contributed by atoms with Crippen LogP contribution in [0.5, 0.6) is 0 Å². The monoisotopic (exact) mass is 229 g/mol. The van der Waals surface area contributed by atoms with Crippen molar-refractivity contribution in [1.29, 1.82) is 0 Å². The van der Waals surface area contributed by atoms with Crippen LogP contribution in [0.25, 0.3) is 0 Å². The summed E-state index contributed by atoms with van der Waals surface area (Å²) in [4.78, 5) is 14.7. The summed E-state index contributed by atoms with van der Waals surface area (Å²) < 4.78 is 5.97. The Bertz CT molecular complexity index is 364. The first-order valence-electron chi connectivity index (χ1n) is 4.24. The van der Waals surface area contributed by atoms with Gasteiger partial charge in [-0.3, -0.25) is 4.79 Å². The Labute approximate surface area is 91.6 Å². The van der Waals surface area contributed by atoms with Gasteiger partial charge >= 0.3 is 5.97 Å². The number of carbonyl (C=O) groups is 1. The first-order chi connectivity index (χ1) is 7.13. The third-order valence-corrected chi connectivity index (χ3v) is 1.74. The molecule has 0 unspecified atom stereocenters. The van der Waals surface area contributed by atoms with Crippen molar-refractivity contribution in [3.8, 4) is 0 Å². The summed E-state index contributed by atoms with van der Waals surface area (Å²) in [5.74, 6) is -0.261. The number of esters is 1. The fourth-order valence-corrected chi connectivity index (χ4v) is 0.975. The highest BCUT2D eigenvalue weighted by Crippen LogP contribution is 1.88. The fourth-order valence-electron chi connectivity index (χ4n) is 0.815. The molecule has 0 atom stereocenters. The van der Waals surface area contributed by atoms with Crippen molar-refractivity contribution in [2.75, 3.05) is 18.9 Å². The van der Waals surface area contributed by atoms with Gasteiger partial charge < -0.3 is 15.8 Å². The van der Waals surface area contributed by atoms with E-state index in [1.165, 1.54) is 11.0 Å². The molecule has 0 aliphatic heterocycles. The highest BCUT2D eigenvalue weighted by Gasteiger charge is 2.05. The molecule has 0 saturated carbocycles. The molecular weight excluding hydrogens is 218 g/mol. The number of nitrogens with zero attached hydrogens (tertiary/aromatic N) is 3. The summed E-state index contributed by atoms with van der Waals surface area (Å²) in [5.41, 5.74) is 5.30.